The molecule has 26 heavy (non-hydrogen) atoms. The third-order valence-electron chi connectivity index (χ3n) is 5.58. The third kappa shape index (κ3) is 4.19. The van der Waals surface area contributed by atoms with Gasteiger partial charge in [-0.2, -0.15) is 0 Å². The van der Waals surface area contributed by atoms with Gasteiger partial charge in [0.25, 0.3) is 5.91 Å². The molecule has 6 heteroatoms. The fourth-order valence-electron chi connectivity index (χ4n) is 3.96. The maximum Gasteiger partial charge on any atom is 0.255 e. The number of phenolic OH excluding ortho intramolecular Hbond substituents is 1. The standard InChI is InChI=1S/C20H30N2O4/c1-13(2)14-6-7-18(23)15(12-14)20(25)21-16-4-3-5-17(19(16)24)22-8-10-26-11-9-22/h6-7,12-13,16-17,19,23-24H,3-5,8-11H2,1-2H3,(H,21,25)/t16-,17-,19-/m1/s1. The van der Waals surface area contributed by atoms with Crippen molar-refractivity contribution in [3.63, 3.8) is 0 Å². The molecule has 3 rings (SSSR count). The molecule has 0 radical (unpaired) electrons. The molecule has 1 heterocycles. The van der Waals surface area contributed by atoms with E-state index in [4.69, 9.17) is 4.74 Å². The van der Waals surface area contributed by atoms with Gasteiger partial charge in [0.1, 0.15) is 5.75 Å². The Morgan fingerprint density at radius 2 is 2.00 bits per heavy atom. The maximum atomic E-state index is 12.7. The molecule has 2 aliphatic rings. The van der Waals surface area contributed by atoms with E-state index in [0.29, 0.717) is 13.2 Å². The predicted octanol–water partition coefficient (Wildman–Crippen LogP) is 1.86. The first-order valence-electron chi connectivity index (χ1n) is 9.61. The monoisotopic (exact) mass is 362 g/mol. The van der Waals surface area contributed by atoms with Crippen LogP contribution in [0.4, 0.5) is 0 Å². The molecule has 0 spiro atoms. The number of carbonyl (C=O) groups excluding carboxylic acids is 1. The molecule has 144 valence electrons. The van der Waals surface area contributed by atoms with E-state index in [1.165, 1.54) is 0 Å². The zero-order chi connectivity index (χ0) is 18.7. The average Bonchev–Trinajstić information content (AvgIpc) is 2.64. The van der Waals surface area contributed by atoms with Crippen molar-refractivity contribution in [1.29, 1.82) is 0 Å². The second-order valence-corrected chi connectivity index (χ2v) is 7.65. The molecular weight excluding hydrogens is 332 g/mol. The van der Waals surface area contributed by atoms with E-state index in [9.17, 15) is 15.0 Å². The molecular formula is C20H30N2O4. The number of ether oxygens (including phenoxy) is 1. The van der Waals surface area contributed by atoms with Crippen LogP contribution in [0.3, 0.4) is 0 Å². The summed E-state index contributed by atoms with van der Waals surface area (Å²) in [6.07, 6.45) is 2.03. The Morgan fingerprint density at radius 1 is 1.27 bits per heavy atom. The lowest BCUT2D eigenvalue weighted by atomic mass is 9.86. The summed E-state index contributed by atoms with van der Waals surface area (Å²) in [6, 6.07) is 4.89. The Labute approximate surface area is 155 Å². The minimum atomic E-state index is -0.610. The van der Waals surface area contributed by atoms with Crippen LogP contribution in [-0.4, -0.2) is 65.5 Å². The minimum Gasteiger partial charge on any atom is -0.507 e. The minimum absolute atomic E-state index is 0.0260. The van der Waals surface area contributed by atoms with E-state index in [-0.39, 0.29) is 35.2 Å². The highest BCUT2D eigenvalue weighted by molar-refractivity contribution is 5.97. The van der Waals surface area contributed by atoms with Crippen molar-refractivity contribution >= 4 is 5.91 Å². The van der Waals surface area contributed by atoms with E-state index in [2.05, 4.69) is 10.2 Å². The zero-order valence-electron chi connectivity index (χ0n) is 15.6. The molecule has 1 aliphatic carbocycles. The highest BCUT2D eigenvalue weighted by Gasteiger charge is 2.37. The highest BCUT2D eigenvalue weighted by Crippen LogP contribution is 2.27. The topological polar surface area (TPSA) is 82.0 Å². The number of hydrogen-bond acceptors (Lipinski definition) is 5. The molecule has 1 aliphatic heterocycles. The van der Waals surface area contributed by atoms with Crippen LogP contribution in [-0.2, 0) is 4.74 Å². The normalized spacial score (nSPS) is 27.5. The van der Waals surface area contributed by atoms with Crippen LogP contribution < -0.4 is 5.32 Å². The van der Waals surface area contributed by atoms with Gasteiger partial charge in [0.2, 0.25) is 0 Å². The van der Waals surface area contributed by atoms with Gasteiger partial charge in [-0.25, -0.2) is 0 Å². The Morgan fingerprint density at radius 3 is 2.69 bits per heavy atom. The molecule has 6 nitrogen and oxygen atoms in total. The Kier molecular flexibility index (Phi) is 6.16. The molecule has 0 unspecified atom stereocenters. The number of aliphatic hydroxyl groups excluding tert-OH is 1. The lowest BCUT2D eigenvalue weighted by Crippen LogP contribution is -2.58. The van der Waals surface area contributed by atoms with Crippen molar-refractivity contribution < 1.29 is 19.7 Å². The number of benzene rings is 1. The number of amides is 1. The van der Waals surface area contributed by atoms with Gasteiger partial charge < -0.3 is 20.3 Å². The van der Waals surface area contributed by atoms with Gasteiger partial charge in [0.05, 0.1) is 30.9 Å². The second kappa shape index (κ2) is 8.37. The fourth-order valence-corrected chi connectivity index (χ4v) is 3.96. The number of rotatable bonds is 4. The second-order valence-electron chi connectivity index (χ2n) is 7.65. The first kappa shape index (κ1) is 19.1. The van der Waals surface area contributed by atoms with Crippen LogP contribution in [0.2, 0.25) is 0 Å². The molecule has 2 fully saturated rings. The van der Waals surface area contributed by atoms with Gasteiger partial charge in [-0.1, -0.05) is 19.9 Å². The summed E-state index contributed by atoms with van der Waals surface area (Å²) < 4.78 is 5.40. The lowest BCUT2D eigenvalue weighted by Gasteiger charge is -2.43. The summed E-state index contributed by atoms with van der Waals surface area (Å²) in [5.74, 6) is -0.0771. The summed E-state index contributed by atoms with van der Waals surface area (Å²) in [7, 11) is 0. The number of carbonyl (C=O) groups is 1. The van der Waals surface area contributed by atoms with Crippen molar-refractivity contribution in [3.05, 3.63) is 29.3 Å². The number of nitrogens with zero attached hydrogens (tertiary/aromatic N) is 1. The number of morpholine rings is 1. The summed E-state index contributed by atoms with van der Waals surface area (Å²) >= 11 is 0. The molecule has 1 aromatic carbocycles. The molecule has 0 bridgehead atoms. The van der Waals surface area contributed by atoms with Crippen LogP contribution in [0, 0.1) is 0 Å². The summed E-state index contributed by atoms with van der Waals surface area (Å²) in [5.41, 5.74) is 1.28. The molecule has 3 atom stereocenters. The van der Waals surface area contributed by atoms with Crippen LogP contribution in [0.25, 0.3) is 0 Å². The molecule has 1 saturated carbocycles. The fraction of sp³-hybridized carbons (Fsp3) is 0.650. The summed E-state index contributed by atoms with van der Waals surface area (Å²) in [5, 5.41) is 23.9. The van der Waals surface area contributed by atoms with E-state index >= 15 is 0 Å². The van der Waals surface area contributed by atoms with Crippen molar-refractivity contribution in [1.82, 2.24) is 10.2 Å². The molecule has 0 aromatic heterocycles. The predicted molar refractivity (Wildman–Crippen MR) is 99.5 cm³/mol. The Bertz CT molecular complexity index is 628. The van der Waals surface area contributed by atoms with E-state index < -0.39 is 6.10 Å². The van der Waals surface area contributed by atoms with Crippen LogP contribution in [0.15, 0.2) is 18.2 Å². The number of nitrogens with one attached hydrogen (secondary N) is 1. The average molecular weight is 362 g/mol. The number of aromatic hydroxyl groups is 1. The van der Waals surface area contributed by atoms with E-state index in [1.807, 2.05) is 19.9 Å². The van der Waals surface area contributed by atoms with Crippen molar-refractivity contribution in [2.24, 2.45) is 0 Å². The number of hydrogen-bond donors (Lipinski definition) is 3. The van der Waals surface area contributed by atoms with Crippen molar-refractivity contribution in [3.8, 4) is 5.75 Å². The number of phenols is 1. The Hall–Kier alpha value is -1.63. The van der Waals surface area contributed by atoms with Crippen LogP contribution in [0.5, 0.6) is 5.75 Å². The SMILES string of the molecule is CC(C)c1ccc(O)c(C(=O)N[C@@H]2CCC[C@@H](N3CCOCC3)[C@@H]2O)c1. The van der Waals surface area contributed by atoms with Gasteiger partial charge in [0, 0.05) is 19.1 Å². The summed E-state index contributed by atoms with van der Waals surface area (Å²) in [4.78, 5) is 15.0. The number of aliphatic hydroxyl groups is 1. The summed E-state index contributed by atoms with van der Waals surface area (Å²) in [6.45, 7) is 7.11. The third-order valence-corrected chi connectivity index (χ3v) is 5.58. The first-order chi connectivity index (χ1) is 12.5. The van der Waals surface area contributed by atoms with Crippen LogP contribution >= 0.6 is 0 Å². The van der Waals surface area contributed by atoms with Crippen molar-refractivity contribution in [2.75, 3.05) is 26.3 Å². The van der Waals surface area contributed by atoms with E-state index in [1.54, 1.807) is 12.1 Å². The molecule has 1 aromatic rings. The lowest BCUT2D eigenvalue weighted by molar-refractivity contribution is -0.0459. The van der Waals surface area contributed by atoms with Gasteiger partial charge >= 0.3 is 0 Å². The highest BCUT2D eigenvalue weighted by atomic mass is 16.5. The zero-order valence-corrected chi connectivity index (χ0v) is 15.6. The van der Waals surface area contributed by atoms with Crippen LogP contribution in [0.1, 0.15) is 54.9 Å². The molecule has 1 saturated heterocycles. The Balaban J connectivity index is 1.69. The quantitative estimate of drug-likeness (QED) is 0.762. The van der Waals surface area contributed by atoms with Gasteiger partial charge in [-0.05, 0) is 42.9 Å². The van der Waals surface area contributed by atoms with E-state index in [0.717, 1.165) is 37.9 Å². The van der Waals surface area contributed by atoms with Gasteiger partial charge in [-0.15, -0.1) is 0 Å². The van der Waals surface area contributed by atoms with Gasteiger partial charge in [0.15, 0.2) is 0 Å². The first-order valence-corrected chi connectivity index (χ1v) is 9.61. The largest absolute Gasteiger partial charge is 0.507 e. The molecule has 1 amide bonds. The van der Waals surface area contributed by atoms with Crippen molar-refractivity contribution in [2.45, 2.75) is 57.2 Å². The van der Waals surface area contributed by atoms with Gasteiger partial charge in [-0.3, -0.25) is 9.69 Å². The smallest absolute Gasteiger partial charge is 0.255 e. The maximum absolute atomic E-state index is 12.7. The molecule has 3 N–H and O–H groups in total.